The maximum Gasteiger partial charge on any atom is 0.225 e. The Bertz CT molecular complexity index is 397. The average Bonchev–Trinajstić information content (AvgIpc) is 2.40. The molecule has 0 atom stereocenters. The van der Waals surface area contributed by atoms with Crippen molar-refractivity contribution in [2.24, 2.45) is 0 Å². The van der Waals surface area contributed by atoms with E-state index in [-0.39, 0.29) is 0 Å². The van der Waals surface area contributed by atoms with Gasteiger partial charge in [0, 0.05) is 37.1 Å². The van der Waals surface area contributed by atoms with Crippen molar-refractivity contribution in [3.63, 3.8) is 0 Å². The zero-order valence-electron chi connectivity index (χ0n) is 13.0. The second-order valence-corrected chi connectivity index (χ2v) is 5.71. The number of anilines is 1. The normalized spacial score (nSPS) is 16.8. The van der Waals surface area contributed by atoms with Crippen LogP contribution >= 0.6 is 0 Å². The van der Waals surface area contributed by atoms with Gasteiger partial charge >= 0.3 is 0 Å². The van der Waals surface area contributed by atoms with Gasteiger partial charge in [-0.25, -0.2) is 9.97 Å². The number of nitrogens with zero attached hydrogens (tertiary/aromatic N) is 3. The van der Waals surface area contributed by atoms with Gasteiger partial charge in [0.25, 0.3) is 0 Å². The predicted molar refractivity (Wildman–Crippen MR) is 84.1 cm³/mol. The SMILES string of the molecule is CCCNCc1cnc(N2CCCCCCC2)nc1C. The first-order valence-electron chi connectivity index (χ1n) is 8.09. The molecule has 0 unspecified atom stereocenters. The van der Waals surface area contributed by atoms with Gasteiger partial charge in [-0.15, -0.1) is 0 Å². The van der Waals surface area contributed by atoms with Gasteiger partial charge in [0.15, 0.2) is 0 Å². The van der Waals surface area contributed by atoms with Crippen molar-refractivity contribution in [3.8, 4) is 0 Å². The molecular formula is C16H28N4. The van der Waals surface area contributed by atoms with Crippen molar-refractivity contribution in [1.82, 2.24) is 15.3 Å². The van der Waals surface area contributed by atoms with Crippen LogP contribution in [0.1, 0.15) is 56.7 Å². The Kier molecular flexibility index (Phi) is 6.25. The van der Waals surface area contributed by atoms with Gasteiger partial charge in [0.05, 0.1) is 0 Å². The van der Waals surface area contributed by atoms with Crippen molar-refractivity contribution >= 4 is 5.95 Å². The zero-order valence-corrected chi connectivity index (χ0v) is 13.0. The number of hydrogen-bond acceptors (Lipinski definition) is 4. The van der Waals surface area contributed by atoms with E-state index in [1.807, 2.05) is 6.20 Å². The molecule has 2 rings (SSSR count). The maximum absolute atomic E-state index is 4.72. The Hall–Kier alpha value is -1.16. The van der Waals surface area contributed by atoms with Crippen molar-refractivity contribution in [2.75, 3.05) is 24.5 Å². The van der Waals surface area contributed by atoms with Gasteiger partial charge in [-0.3, -0.25) is 0 Å². The summed E-state index contributed by atoms with van der Waals surface area (Å²) in [5.41, 5.74) is 2.33. The van der Waals surface area contributed by atoms with Crippen LogP contribution in [0.4, 0.5) is 5.95 Å². The Morgan fingerprint density at radius 3 is 2.50 bits per heavy atom. The molecule has 1 saturated heterocycles. The lowest BCUT2D eigenvalue weighted by Gasteiger charge is -2.25. The molecular weight excluding hydrogens is 248 g/mol. The second-order valence-electron chi connectivity index (χ2n) is 5.71. The van der Waals surface area contributed by atoms with Crippen LogP contribution < -0.4 is 10.2 Å². The molecule has 4 nitrogen and oxygen atoms in total. The molecule has 112 valence electrons. The molecule has 1 aromatic rings. The first-order valence-corrected chi connectivity index (χ1v) is 8.09. The fourth-order valence-electron chi connectivity index (χ4n) is 2.65. The quantitative estimate of drug-likeness (QED) is 0.839. The lowest BCUT2D eigenvalue weighted by atomic mass is 10.1. The first-order chi connectivity index (χ1) is 9.81. The van der Waals surface area contributed by atoms with Crippen LogP contribution in [0, 0.1) is 6.92 Å². The monoisotopic (exact) mass is 276 g/mol. The number of nitrogens with one attached hydrogen (secondary N) is 1. The molecule has 0 aromatic carbocycles. The third-order valence-electron chi connectivity index (χ3n) is 3.95. The number of aromatic nitrogens is 2. The van der Waals surface area contributed by atoms with Gasteiger partial charge in [0.1, 0.15) is 0 Å². The molecule has 1 fully saturated rings. The van der Waals surface area contributed by atoms with E-state index in [1.54, 1.807) is 0 Å². The fraction of sp³-hybridized carbons (Fsp3) is 0.750. The summed E-state index contributed by atoms with van der Waals surface area (Å²) in [6.07, 6.45) is 9.76. The molecule has 1 aromatic heterocycles. The van der Waals surface area contributed by atoms with Crippen molar-refractivity contribution in [1.29, 1.82) is 0 Å². The van der Waals surface area contributed by atoms with E-state index in [0.29, 0.717) is 0 Å². The highest BCUT2D eigenvalue weighted by atomic mass is 15.2. The molecule has 0 amide bonds. The largest absolute Gasteiger partial charge is 0.341 e. The Morgan fingerprint density at radius 2 is 1.85 bits per heavy atom. The van der Waals surface area contributed by atoms with E-state index in [2.05, 4.69) is 29.0 Å². The van der Waals surface area contributed by atoms with E-state index in [1.165, 1.54) is 37.7 Å². The van der Waals surface area contributed by atoms with E-state index >= 15 is 0 Å². The van der Waals surface area contributed by atoms with E-state index in [0.717, 1.165) is 44.2 Å². The molecule has 2 heterocycles. The Morgan fingerprint density at radius 1 is 1.15 bits per heavy atom. The Balaban J connectivity index is 1.99. The summed E-state index contributed by atoms with van der Waals surface area (Å²) < 4.78 is 0. The Labute approximate surface area is 123 Å². The molecule has 1 aliphatic rings. The van der Waals surface area contributed by atoms with Crippen molar-refractivity contribution in [3.05, 3.63) is 17.5 Å². The van der Waals surface area contributed by atoms with Crippen LogP contribution in [0.25, 0.3) is 0 Å². The smallest absolute Gasteiger partial charge is 0.225 e. The summed E-state index contributed by atoms with van der Waals surface area (Å²) in [4.78, 5) is 11.7. The molecule has 1 N–H and O–H groups in total. The molecule has 4 heteroatoms. The summed E-state index contributed by atoms with van der Waals surface area (Å²) in [5, 5.41) is 3.42. The van der Waals surface area contributed by atoms with Gasteiger partial charge in [-0.1, -0.05) is 26.2 Å². The second kappa shape index (κ2) is 8.20. The van der Waals surface area contributed by atoms with Gasteiger partial charge in [-0.2, -0.15) is 0 Å². The topological polar surface area (TPSA) is 41.1 Å². The van der Waals surface area contributed by atoms with Gasteiger partial charge < -0.3 is 10.2 Å². The zero-order chi connectivity index (χ0) is 14.2. The van der Waals surface area contributed by atoms with Crippen LogP contribution in [-0.2, 0) is 6.54 Å². The van der Waals surface area contributed by atoms with E-state index < -0.39 is 0 Å². The molecule has 0 spiro atoms. The van der Waals surface area contributed by atoms with Crippen LogP contribution in [0.5, 0.6) is 0 Å². The summed E-state index contributed by atoms with van der Waals surface area (Å²) in [5.74, 6) is 0.920. The molecule has 0 aliphatic carbocycles. The van der Waals surface area contributed by atoms with Crippen molar-refractivity contribution in [2.45, 2.75) is 58.9 Å². The van der Waals surface area contributed by atoms with Gasteiger partial charge in [0.2, 0.25) is 5.95 Å². The maximum atomic E-state index is 4.72. The highest BCUT2D eigenvalue weighted by Gasteiger charge is 2.12. The van der Waals surface area contributed by atoms with Crippen LogP contribution in [0.15, 0.2) is 6.20 Å². The molecule has 1 aliphatic heterocycles. The summed E-state index contributed by atoms with van der Waals surface area (Å²) in [6.45, 7) is 8.41. The minimum absolute atomic E-state index is 0.875. The minimum atomic E-state index is 0.875. The first kappa shape index (κ1) is 15.2. The summed E-state index contributed by atoms with van der Waals surface area (Å²) in [7, 11) is 0. The fourth-order valence-corrected chi connectivity index (χ4v) is 2.65. The molecule has 0 bridgehead atoms. The van der Waals surface area contributed by atoms with E-state index in [4.69, 9.17) is 4.98 Å². The average molecular weight is 276 g/mol. The van der Waals surface area contributed by atoms with Crippen LogP contribution in [0.3, 0.4) is 0 Å². The third-order valence-corrected chi connectivity index (χ3v) is 3.95. The number of aryl methyl sites for hydroxylation is 1. The molecule has 0 saturated carbocycles. The van der Waals surface area contributed by atoms with Crippen LogP contribution in [0.2, 0.25) is 0 Å². The highest BCUT2D eigenvalue weighted by molar-refractivity contribution is 5.32. The van der Waals surface area contributed by atoms with Crippen LogP contribution in [-0.4, -0.2) is 29.6 Å². The molecule has 0 radical (unpaired) electrons. The summed E-state index contributed by atoms with van der Waals surface area (Å²) >= 11 is 0. The predicted octanol–water partition coefficient (Wildman–Crippen LogP) is 3.06. The lowest BCUT2D eigenvalue weighted by Crippen LogP contribution is -2.29. The highest BCUT2D eigenvalue weighted by Crippen LogP contribution is 2.16. The van der Waals surface area contributed by atoms with Gasteiger partial charge in [-0.05, 0) is 32.7 Å². The minimum Gasteiger partial charge on any atom is -0.341 e. The van der Waals surface area contributed by atoms with E-state index in [9.17, 15) is 0 Å². The lowest BCUT2D eigenvalue weighted by molar-refractivity contribution is 0.549. The number of rotatable bonds is 5. The molecule has 20 heavy (non-hydrogen) atoms. The summed E-state index contributed by atoms with van der Waals surface area (Å²) in [6, 6.07) is 0. The third kappa shape index (κ3) is 4.44. The number of hydrogen-bond donors (Lipinski definition) is 1. The standard InChI is InChI=1S/C16H28N4/c1-3-9-17-12-15-13-18-16(19-14(15)2)20-10-7-5-4-6-8-11-20/h13,17H,3-12H2,1-2H3. The van der Waals surface area contributed by atoms with Crippen molar-refractivity contribution < 1.29 is 0 Å².